The van der Waals surface area contributed by atoms with E-state index in [0.29, 0.717) is 53.7 Å². The maximum absolute atomic E-state index is 13.6. The molecule has 1 aromatic carbocycles. The molecule has 9 nitrogen and oxygen atoms in total. The number of pyridine rings is 1. The smallest absolute Gasteiger partial charge is 0.410 e. The molecule has 0 unspecified atom stereocenters. The summed E-state index contributed by atoms with van der Waals surface area (Å²) in [5.74, 6) is -0.341. The summed E-state index contributed by atoms with van der Waals surface area (Å²) < 4.78 is 21.0. The van der Waals surface area contributed by atoms with Crippen molar-refractivity contribution in [3.8, 4) is 27.9 Å². The molecule has 5 rings (SSSR count). The molecule has 4 heterocycles. The predicted octanol–water partition coefficient (Wildman–Crippen LogP) is 5.80. The largest absolute Gasteiger partial charge is 0.444 e. The molecule has 1 aliphatic heterocycles. The Kier molecular flexibility index (Phi) is 7.38. The van der Waals surface area contributed by atoms with Gasteiger partial charge in [0.05, 0.1) is 28.3 Å². The van der Waals surface area contributed by atoms with Gasteiger partial charge in [-0.15, -0.1) is 11.3 Å². The number of nitrogens with one attached hydrogen (secondary N) is 1. The van der Waals surface area contributed by atoms with Crippen LogP contribution in [0.3, 0.4) is 0 Å². The zero-order valence-electron chi connectivity index (χ0n) is 23.3. The summed E-state index contributed by atoms with van der Waals surface area (Å²) in [7, 11) is 1.88. The number of piperazine rings is 1. The van der Waals surface area contributed by atoms with Crippen LogP contribution in [0.25, 0.3) is 27.3 Å². The number of aromatic nitrogens is 3. The molecule has 0 atom stereocenters. The quantitative estimate of drug-likeness (QED) is 0.329. The third kappa shape index (κ3) is 5.19. The third-order valence-electron chi connectivity index (χ3n) is 6.77. The number of rotatable bonds is 5. The molecule has 11 heteroatoms. The first kappa shape index (κ1) is 27.4. The van der Waals surface area contributed by atoms with Crippen molar-refractivity contribution < 1.29 is 13.9 Å². The van der Waals surface area contributed by atoms with Gasteiger partial charge in [0.15, 0.2) is 0 Å². The number of halogens is 1. The van der Waals surface area contributed by atoms with E-state index in [-0.39, 0.29) is 11.9 Å². The molecular formula is C29H32FN7O2S. The lowest BCUT2D eigenvalue weighted by Crippen LogP contribution is -2.50. The SMILES string of the molecule is CCc1nn2ccc(N3CCN(C(=O)OC(C)(C)C)CC3)c(NC)c2c1-c1nc(-c2ccc(F)cc2)c(C#N)s1. The van der Waals surface area contributed by atoms with E-state index in [1.807, 2.05) is 51.5 Å². The minimum absolute atomic E-state index is 0.295. The first-order valence-electron chi connectivity index (χ1n) is 13.3. The van der Waals surface area contributed by atoms with Crippen molar-refractivity contribution in [3.05, 3.63) is 52.9 Å². The van der Waals surface area contributed by atoms with E-state index in [1.54, 1.807) is 17.0 Å². The summed E-state index contributed by atoms with van der Waals surface area (Å²) >= 11 is 1.31. The Balaban J connectivity index is 1.54. The highest BCUT2D eigenvalue weighted by molar-refractivity contribution is 7.16. The molecule has 0 radical (unpaired) electrons. The number of aryl methyl sites for hydroxylation is 1. The van der Waals surface area contributed by atoms with Crippen molar-refractivity contribution in [1.82, 2.24) is 19.5 Å². The first-order valence-corrected chi connectivity index (χ1v) is 14.1. The Labute approximate surface area is 236 Å². The Bertz CT molecular complexity index is 1590. The number of benzene rings is 1. The van der Waals surface area contributed by atoms with Crippen LogP contribution in [0.5, 0.6) is 0 Å². The highest BCUT2D eigenvalue weighted by Crippen LogP contribution is 2.42. The van der Waals surface area contributed by atoms with Crippen LogP contribution in [0, 0.1) is 17.1 Å². The van der Waals surface area contributed by atoms with E-state index < -0.39 is 5.60 Å². The van der Waals surface area contributed by atoms with Crippen molar-refractivity contribution in [1.29, 1.82) is 5.26 Å². The molecule has 1 aliphatic rings. The van der Waals surface area contributed by atoms with Crippen LogP contribution in [0.4, 0.5) is 20.6 Å². The number of ether oxygens (including phenoxy) is 1. The van der Waals surface area contributed by atoms with Crippen molar-refractivity contribution in [2.75, 3.05) is 43.4 Å². The van der Waals surface area contributed by atoms with Crippen molar-refractivity contribution >= 4 is 34.3 Å². The maximum Gasteiger partial charge on any atom is 0.410 e. The average Bonchev–Trinajstić information content (AvgIpc) is 3.53. The molecule has 1 N–H and O–H groups in total. The second-order valence-electron chi connectivity index (χ2n) is 10.6. The highest BCUT2D eigenvalue weighted by atomic mass is 32.1. The van der Waals surface area contributed by atoms with E-state index in [0.717, 1.165) is 28.1 Å². The van der Waals surface area contributed by atoms with Gasteiger partial charge >= 0.3 is 6.09 Å². The second kappa shape index (κ2) is 10.8. The topological polar surface area (TPSA) is 98.8 Å². The van der Waals surface area contributed by atoms with Crippen molar-refractivity contribution in [2.24, 2.45) is 0 Å². The standard InChI is InChI=1S/C29H32FN7O2S/c1-6-20-23(27-33-24(22(17-31)40-27)18-7-9-19(30)10-8-18)26-25(32-5)21(11-12-37(26)34-20)35-13-15-36(16-14-35)28(38)39-29(2,3)4/h7-12,32H,6,13-16H2,1-5H3. The number of carbonyl (C=O) groups excluding carboxylic acids is 1. The average molecular weight is 562 g/mol. The van der Waals surface area contributed by atoms with Crippen LogP contribution >= 0.6 is 11.3 Å². The number of nitrogens with zero attached hydrogens (tertiary/aromatic N) is 6. The lowest BCUT2D eigenvalue weighted by Gasteiger charge is -2.37. The van der Waals surface area contributed by atoms with Crippen LogP contribution in [0.2, 0.25) is 0 Å². The van der Waals surface area contributed by atoms with Gasteiger partial charge in [-0.2, -0.15) is 10.4 Å². The molecule has 0 bridgehead atoms. The van der Waals surface area contributed by atoms with E-state index in [2.05, 4.69) is 16.3 Å². The monoisotopic (exact) mass is 561 g/mol. The Morgan fingerprint density at radius 1 is 1.18 bits per heavy atom. The number of carbonyl (C=O) groups is 1. The molecule has 0 saturated carbocycles. The summed E-state index contributed by atoms with van der Waals surface area (Å²) in [5, 5.41) is 18.8. The summed E-state index contributed by atoms with van der Waals surface area (Å²) in [5.41, 5.74) is 5.19. The molecular weight excluding hydrogens is 529 g/mol. The van der Waals surface area contributed by atoms with Gasteiger partial charge < -0.3 is 19.9 Å². The minimum atomic E-state index is -0.536. The van der Waals surface area contributed by atoms with E-state index in [9.17, 15) is 14.4 Å². The van der Waals surface area contributed by atoms with Crippen LogP contribution in [-0.2, 0) is 11.2 Å². The Hall–Kier alpha value is -4.17. The molecule has 208 valence electrons. The summed E-state index contributed by atoms with van der Waals surface area (Å²) in [6, 6.07) is 10.3. The fourth-order valence-corrected chi connectivity index (χ4v) is 5.87. The number of thiazole rings is 1. The van der Waals surface area contributed by atoms with E-state index >= 15 is 0 Å². The normalized spacial score (nSPS) is 13.9. The summed E-state index contributed by atoms with van der Waals surface area (Å²) in [6.45, 7) is 10.1. The molecule has 0 spiro atoms. The van der Waals surface area contributed by atoms with Crippen molar-refractivity contribution in [3.63, 3.8) is 0 Å². The Morgan fingerprint density at radius 3 is 2.48 bits per heavy atom. The van der Waals surface area contributed by atoms with Gasteiger partial charge in [0.1, 0.15) is 32.9 Å². The second-order valence-corrected chi connectivity index (χ2v) is 11.6. The maximum atomic E-state index is 13.6. The Morgan fingerprint density at radius 2 is 1.88 bits per heavy atom. The van der Waals surface area contributed by atoms with E-state index in [1.165, 1.54) is 23.5 Å². The molecule has 4 aromatic rings. The molecule has 3 aromatic heterocycles. The van der Waals surface area contributed by atoms with Gasteiger partial charge in [0.25, 0.3) is 0 Å². The highest BCUT2D eigenvalue weighted by Gasteiger charge is 2.29. The number of nitriles is 1. The van der Waals surface area contributed by atoms with Gasteiger partial charge in [-0.1, -0.05) is 6.92 Å². The lowest BCUT2D eigenvalue weighted by atomic mass is 10.1. The molecule has 40 heavy (non-hydrogen) atoms. The molecule has 1 amide bonds. The predicted molar refractivity (Wildman–Crippen MR) is 155 cm³/mol. The lowest BCUT2D eigenvalue weighted by molar-refractivity contribution is 0.0240. The first-order chi connectivity index (χ1) is 19.1. The zero-order chi connectivity index (χ0) is 28.6. The van der Waals surface area contributed by atoms with E-state index in [4.69, 9.17) is 14.8 Å². The van der Waals surface area contributed by atoms with Gasteiger partial charge in [-0.05, 0) is 57.5 Å². The van der Waals surface area contributed by atoms with Crippen molar-refractivity contribution in [2.45, 2.75) is 39.7 Å². The number of amides is 1. The number of fused-ring (bicyclic) bond motifs is 1. The molecule has 0 aliphatic carbocycles. The minimum Gasteiger partial charge on any atom is -0.444 e. The van der Waals surface area contributed by atoms with Crippen LogP contribution < -0.4 is 10.2 Å². The van der Waals surface area contributed by atoms with Gasteiger partial charge in [-0.3, -0.25) is 0 Å². The van der Waals surface area contributed by atoms with Gasteiger partial charge in [0, 0.05) is 45.0 Å². The third-order valence-corrected chi connectivity index (χ3v) is 7.74. The number of anilines is 2. The fraction of sp³-hybridized carbons (Fsp3) is 0.379. The molecule has 1 fully saturated rings. The number of hydrogen-bond donors (Lipinski definition) is 1. The molecule has 1 saturated heterocycles. The van der Waals surface area contributed by atoms with Crippen LogP contribution in [-0.4, -0.2) is 64.4 Å². The van der Waals surface area contributed by atoms with Crippen LogP contribution in [0.1, 0.15) is 38.3 Å². The summed E-state index contributed by atoms with van der Waals surface area (Å²) in [6.07, 6.45) is 2.32. The van der Waals surface area contributed by atoms with Gasteiger partial charge in [-0.25, -0.2) is 18.7 Å². The van der Waals surface area contributed by atoms with Crippen LogP contribution in [0.15, 0.2) is 36.5 Å². The summed E-state index contributed by atoms with van der Waals surface area (Å²) in [4.78, 5) is 21.9. The zero-order valence-corrected chi connectivity index (χ0v) is 24.1. The number of hydrogen-bond acceptors (Lipinski definition) is 8. The fourth-order valence-electron chi connectivity index (χ4n) is 4.92. The van der Waals surface area contributed by atoms with Gasteiger partial charge in [0.2, 0.25) is 0 Å².